The zero-order chi connectivity index (χ0) is 22.6. The largest absolute Gasteiger partial charge is 0.339 e. The van der Waals surface area contributed by atoms with Crippen LogP contribution in [-0.4, -0.2) is 15.0 Å². The Morgan fingerprint density at radius 2 is 1.62 bits per heavy atom. The van der Waals surface area contributed by atoms with Gasteiger partial charge >= 0.3 is 0 Å². The van der Waals surface area contributed by atoms with E-state index in [9.17, 15) is 22.0 Å². The summed E-state index contributed by atoms with van der Waals surface area (Å²) in [4.78, 5) is 11.0. The summed E-state index contributed by atoms with van der Waals surface area (Å²) in [6.45, 7) is 1.89. The number of imidazole rings is 1. The van der Waals surface area contributed by atoms with Crippen molar-refractivity contribution in [3.05, 3.63) is 70.9 Å². The number of aromatic nitrogens is 3. The molecule has 0 unspecified atom stereocenters. The van der Waals surface area contributed by atoms with Gasteiger partial charge in [-0.1, -0.05) is 6.92 Å². The molecule has 2 aromatic heterocycles. The van der Waals surface area contributed by atoms with Crippen molar-refractivity contribution >= 4 is 21.9 Å². The van der Waals surface area contributed by atoms with Crippen molar-refractivity contribution in [2.45, 2.75) is 44.4 Å². The number of H-pyrrole nitrogens is 1. The van der Waals surface area contributed by atoms with Gasteiger partial charge in [0.1, 0.15) is 22.7 Å². The van der Waals surface area contributed by atoms with Crippen LogP contribution in [0.25, 0.3) is 21.9 Å². The van der Waals surface area contributed by atoms with E-state index >= 15 is 0 Å². The quantitative estimate of drug-likeness (QED) is 0.212. The van der Waals surface area contributed by atoms with Crippen LogP contribution in [0.3, 0.4) is 0 Å². The molecule has 1 atom stereocenters. The molecular formula is C24H20F5N3. The Labute approximate surface area is 180 Å². The number of nitrogens with zero attached hydrogens (tertiary/aromatic N) is 2. The Morgan fingerprint density at radius 3 is 2.38 bits per heavy atom. The van der Waals surface area contributed by atoms with Gasteiger partial charge in [-0.05, 0) is 67.3 Å². The second-order valence-electron chi connectivity index (χ2n) is 8.56. The molecular weight excluding hydrogens is 425 g/mol. The van der Waals surface area contributed by atoms with E-state index in [2.05, 4.69) is 15.0 Å². The van der Waals surface area contributed by atoms with E-state index < -0.39 is 34.3 Å². The van der Waals surface area contributed by atoms with Crippen molar-refractivity contribution in [2.24, 2.45) is 5.92 Å². The minimum atomic E-state index is -1.86. The van der Waals surface area contributed by atoms with Crippen molar-refractivity contribution in [1.82, 2.24) is 15.0 Å². The van der Waals surface area contributed by atoms with E-state index in [1.54, 1.807) is 12.3 Å². The molecule has 166 valence electrons. The number of rotatable bonds is 3. The lowest BCUT2D eigenvalue weighted by Crippen LogP contribution is -2.19. The molecule has 0 radical (unpaired) electrons. The SMILES string of the molecule is C[C@@H](c1nc2c(F)c(F)c(F)c(F)c2[nH]1)[C@H]1CC[C@@H](c2ccnc3ccc(F)cc32)CC1. The molecule has 0 aliphatic heterocycles. The number of pyridine rings is 1. The number of aromatic amines is 1. The lowest BCUT2D eigenvalue weighted by atomic mass is 9.73. The van der Waals surface area contributed by atoms with Crippen molar-refractivity contribution in [3.63, 3.8) is 0 Å². The fraction of sp³-hybridized carbons (Fsp3) is 0.333. The lowest BCUT2D eigenvalue weighted by Gasteiger charge is -2.32. The summed E-state index contributed by atoms with van der Waals surface area (Å²) in [5, 5.41) is 0.816. The third-order valence-electron chi connectivity index (χ3n) is 6.82. The molecule has 1 aliphatic rings. The van der Waals surface area contributed by atoms with Gasteiger partial charge in [0.15, 0.2) is 23.3 Å². The first-order valence-corrected chi connectivity index (χ1v) is 10.6. The summed E-state index contributed by atoms with van der Waals surface area (Å²) in [6, 6.07) is 6.52. The Balaban J connectivity index is 1.38. The van der Waals surface area contributed by atoms with Crippen LogP contribution in [0, 0.1) is 35.0 Å². The van der Waals surface area contributed by atoms with Gasteiger partial charge in [0.05, 0.1) is 5.52 Å². The van der Waals surface area contributed by atoms with E-state index in [0.717, 1.165) is 42.1 Å². The summed E-state index contributed by atoms with van der Waals surface area (Å²) in [6.07, 6.45) is 5.11. The Bertz CT molecular complexity index is 1280. The summed E-state index contributed by atoms with van der Waals surface area (Å²) >= 11 is 0. The van der Waals surface area contributed by atoms with Gasteiger partial charge in [-0.15, -0.1) is 0 Å². The van der Waals surface area contributed by atoms with Crippen molar-refractivity contribution in [3.8, 4) is 0 Å². The predicted octanol–water partition coefficient (Wildman–Crippen LogP) is 6.88. The second-order valence-corrected chi connectivity index (χ2v) is 8.56. The number of benzene rings is 2. The summed E-state index contributed by atoms with van der Waals surface area (Å²) in [5.41, 5.74) is 0.842. The van der Waals surface area contributed by atoms with Crippen LogP contribution < -0.4 is 0 Å². The fourth-order valence-corrected chi connectivity index (χ4v) is 4.98. The van der Waals surface area contributed by atoms with Gasteiger partial charge in [-0.3, -0.25) is 4.98 Å². The monoisotopic (exact) mass is 445 g/mol. The summed E-state index contributed by atoms with van der Waals surface area (Å²) in [7, 11) is 0. The maximum Gasteiger partial charge on any atom is 0.199 e. The lowest BCUT2D eigenvalue weighted by molar-refractivity contribution is 0.286. The molecule has 1 fully saturated rings. The highest BCUT2D eigenvalue weighted by molar-refractivity contribution is 5.82. The van der Waals surface area contributed by atoms with Crippen molar-refractivity contribution in [2.75, 3.05) is 0 Å². The molecule has 1 saturated carbocycles. The number of nitrogens with one attached hydrogen (secondary N) is 1. The first kappa shape index (κ1) is 20.8. The van der Waals surface area contributed by atoms with Crippen LogP contribution in [-0.2, 0) is 0 Å². The minimum Gasteiger partial charge on any atom is -0.339 e. The molecule has 0 bridgehead atoms. The van der Waals surface area contributed by atoms with Crippen LogP contribution in [0.5, 0.6) is 0 Å². The highest BCUT2D eigenvalue weighted by atomic mass is 19.2. The zero-order valence-corrected chi connectivity index (χ0v) is 17.2. The highest BCUT2D eigenvalue weighted by Gasteiger charge is 2.31. The summed E-state index contributed by atoms with van der Waals surface area (Å²) in [5.74, 6) is -6.41. The van der Waals surface area contributed by atoms with Crippen molar-refractivity contribution < 1.29 is 22.0 Å². The number of fused-ring (bicyclic) bond motifs is 2. The molecule has 0 spiro atoms. The molecule has 0 amide bonds. The standard InChI is InChI=1S/C24H20F5N3/c1-11(24-31-22-20(28)18(26)19(27)21(29)23(22)32-24)12-2-4-13(5-3-12)15-8-9-30-17-7-6-14(25)10-16(15)17/h6-13H,2-5H2,1H3,(H,31,32)/t11-,12-,13+/m1/s1. The maximum absolute atomic E-state index is 14.1. The zero-order valence-electron chi connectivity index (χ0n) is 17.2. The molecule has 32 heavy (non-hydrogen) atoms. The van der Waals surface area contributed by atoms with Gasteiger partial charge in [0.2, 0.25) is 0 Å². The molecule has 0 saturated heterocycles. The molecule has 4 aromatic rings. The van der Waals surface area contributed by atoms with E-state index in [0.29, 0.717) is 5.82 Å². The molecule has 2 heterocycles. The molecule has 1 N–H and O–H groups in total. The average molecular weight is 445 g/mol. The first-order chi connectivity index (χ1) is 15.3. The topological polar surface area (TPSA) is 41.6 Å². The smallest absolute Gasteiger partial charge is 0.199 e. The number of hydrogen-bond donors (Lipinski definition) is 1. The Hall–Kier alpha value is -3.03. The van der Waals surface area contributed by atoms with Crippen LogP contribution in [0.15, 0.2) is 30.5 Å². The van der Waals surface area contributed by atoms with E-state index in [4.69, 9.17) is 0 Å². The molecule has 8 heteroatoms. The van der Waals surface area contributed by atoms with Crippen LogP contribution >= 0.6 is 0 Å². The third kappa shape index (κ3) is 3.32. The van der Waals surface area contributed by atoms with Gasteiger partial charge in [0, 0.05) is 17.5 Å². The van der Waals surface area contributed by atoms with E-state index in [1.807, 2.05) is 13.0 Å². The van der Waals surface area contributed by atoms with Gasteiger partial charge in [0.25, 0.3) is 0 Å². The second kappa shape index (κ2) is 7.83. The third-order valence-corrected chi connectivity index (χ3v) is 6.82. The Kier molecular flexibility index (Phi) is 5.10. The van der Waals surface area contributed by atoms with E-state index in [1.165, 1.54) is 12.1 Å². The van der Waals surface area contributed by atoms with Crippen LogP contribution in [0.4, 0.5) is 22.0 Å². The van der Waals surface area contributed by atoms with Gasteiger partial charge < -0.3 is 4.98 Å². The van der Waals surface area contributed by atoms with E-state index in [-0.39, 0.29) is 23.6 Å². The van der Waals surface area contributed by atoms with Crippen LogP contribution in [0.1, 0.15) is 55.8 Å². The predicted molar refractivity (Wildman–Crippen MR) is 111 cm³/mol. The van der Waals surface area contributed by atoms with Gasteiger partial charge in [-0.2, -0.15) is 0 Å². The molecule has 5 rings (SSSR count). The van der Waals surface area contributed by atoms with Crippen molar-refractivity contribution in [1.29, 1.82) is 0 Å². The average Bonchev–Trinajstić information content (AvgIpc) is 3.26. The normalized spacial score (nSPS) is 20.2. The molecule has 1 aliphatic carbocycles. The first-order valence-electron chi connectivity index (χ1n) is 10.6. The molecule has 3 nitrogen and oxygen atoms in total. The fourth-order valence-electron chi connectivity index (χ4n) is 4.98. The van der Waals surface area contributed by atoms with Crippen LogP contribution in [0.2, 0.25) is 0 Å². The highest BCUT2D eigenvalue weighted by Crippen LogP contribution is 2.43. The molecule has 2 aromatic carbocycles. The Morgan fingerprint density at radius 1 is 0.906 bits per heavy atom. The number of hydrogen-bond acceptors (Lipinski definition) is 2. The number of halogens is 5. The minimum absolute atomic E-state index is 0.178. The van der Waals surface area contributed by atoms with Gasteiger partial charge in [-0.25, -0.2) is 26.9 Å². The maximum atomic E-state index is 14.1. The summed E-state index contributed by atoms with van der Waals surface area (Å²) < 4.78 is 69.0.